The van der Waals surface area contributed by atoms with Crippen LogP contribution in [0.3, 0.4) is 0 Å². The Morgan fingerprint density at radius 1 is 1.60 bits per heavy atom. The van der Waals surface area contributed by atoms with Crippen molar-refractivity contribution in [2.75, 3.05) is 0 Å². The van der Waals surface area contributed by atoms with Crippen LogP contribution in [0.25, 0.3) is 0 Å². The molecule has 0 saturated heterocycles. The van der Waals surface area contributed by atoms with Crippen molar-refractivity contribution in [1.82, 2.24) is 4.98 Å². The van der Waals surface area contributed by atoms with Gasteiger partial charge in [0.25, 0.3) is 0 Å². The number of carboxylic acid groups (broad SMARTS) is 1. The lowest BCUT2D eigenvalue weighted by Crippen LogP contribution is -2.33. The van der Waals surface area contributed by atoms with E-state index in [1.54, 1.807) is 12.3 Å². The van der Waals surface area contributed by atoms with Gasteiger partial charge in [-0.3, -0.25) is 4.98 Å². The summed E-state index contributed by atoms with van der Waals surface area (Å²) in [6, 6.07) is 3.63. The van der Waals surface area contributed by atoms with Crippen LogP contribution in [-0.4, -0.2) is 27.3 Å². The quantitative estimate of drug-likeness (QED) is 0.771. The van der Waals surface area contributed by atoms with Gasteiger partial charge in [0.1, 0.15) is 0 Å². The lowest BCUT2D eigenvalue weighted by atomic mass is 9.90. The second-order valence-corrected chi connectivity index (χ2v) is 4.08. The van der Waals surface area contributed by atoms with Crippen LogP contribution in [0.15, 0.2) is 18.3 Å². The smallest absolute Gasteiger partial charge is 0.333 e. The van der Waals surface area contributed by atoms with Gasteiger partial charge in [-0.05, 0) is 37.5 Å². The van der Waals surface area contributed by atoms with Gasteiger partial charge in [0.05, 0.1) is 0 Å². The zero-order valence-corrected chi connectivity index (χ0v) is 8.47. The molecule has 0 aliphatic heterocycles. The highest BCUT2D eigenvalue weighted by molar-refractivity contribution is 5.75. The summed E-state index contributed by atoms with van der Waals surface area (Å²) in [5.74, 6) is -1.15. The molecule has 80 valence electrons. The molecule has 0 bridgehead atoms. The highest BCUT2D eigenvalue weighted by atomic mass is 16.4. The third-order valence-corrected chi connectivity index (χ3v) is 3.02. The van der Waals surface area contributed by atoms with E-state index in [0.29, 0.717) is 0 Å². The normalized spacial score (nSPS) is 19.6. The zero-order chi connectivity index (χ0) is 11.1. The summed E-state index contributed by atoms with van der Waals surface area (Å²) in [6.07, 6.45) is 1.80. The minimum absolute atomic E-state index is 0.570. The molecule has 15 heavy (non-hydrogen) atoms. The van der Waals surface area contributed by atoms with E-state index in [2.05, 4.69) is 4.98 Å². The van der Waals surface area contributed by atoms with Gasteiger partial charge in [-0.15, -0.1) is 0 Å². The molecule has 2 rings (SSSR count). The highest BCUT2D eigenvalue weighted by Crippen LogP contribution is 2.51. The Hall–Kier alpha value is -1.42. The third-order valence-electron chi connectivity index (χ3n) is 3.02. The number of aliphatic carboxylic acids is 1. The summed E-state index contributed by atoms with van der Waals surface area (Å²) in [6.45, 7) is 1.85. The second-order valence-electron chi connectivity index (χ2n) is 4.08. The second kappa shape index (κ2) is 3.31. The van der Waals surface area contributed by atoms with Gasteiger partial charge in [0.15, 0.2) is 6.10 Å². The van der Waals surface area contributed by atoms with E-state index in [1.807, 2.05) is 13.0 Å². The predicted molar refractivity (Wildman–Crippen MR) is 53.5 cm³/mol. The molecule has 1 heterocycles. The summed E-state index contributed by atoms with van der Waals surface area (Å²) in [5.41, 5.74) is 1.15. The van der Waals surface area contributed by atoms with Crippen LogP contribution < -0.4 is 0 Å². The third kappa shape index (κ3) is 1.61. The fraction of sp³-hybridized carbons (Fsp3) is 0.455. The number of aromatic nitrogens is 1. The molecule has 1 saturated carbocycles. The molecular weight excluding hydrogens is 194 g/mol. The molecule has 1 aliphatic rings. The van der Waals surface area contributed by atoms with Crippen LogP contribution in [0.2, 0.25) is 0 Å². The molecule has 1 fully saturated rings. The molecule has 0 spiro atoms. The topological polar surface area (TPSA) is 70.4 Å². The lowest BCUT2D eigenvalue weighted by Gasteiger charge is -2.19. The summed E-state index contributed by atoms with van der Waals surface area (Å²) in [4.78, 5) is 14.8. The number of aryl methyl sites for hydroxylation is 1. The number of aliphatic hydroxyl groups excluding tert-OH is 1. The van der Waals surface area contributed by atoms with E-state index in [9.17, 15) is 9.90 Å². The number of hydrogen-bond donors (Lipinski definition) is 2. The number of rotatable bonds is 3. The molecule has 0 aromatic carbocycles. The standard InChI is InChI=1S/C11H13NO3/c1-7-6-8(2-5-12-7)11(3-4-11)9(13)10(14)15/h2,5-6,9,13H,3-4H2,1H3,(H,14,15). The van der Waals surface area contributed by atoms with Crippen molar-refractivity contribution in [3.63, 3.8) is 0 Å². The van der Waals surface area contributed by atoms with Crippen molar-refractivity contribution in [3.8, 4) is 0 Å². The van der Waals surface area contributed by atoms with Crippen molar-refractivity contribution in [2.45, 2.75) is 31.3 Å². The molecule has 1 atom stereocenters. The van der Waals surface area contributed by atoms with E-state index in [0.717, 1.165) is 24.1 Å². The van der Waals surface area contributed by atoms with Gasteiger partial charge in [-0.25, -0.2) is 4.79 Å². The van der Waals surface area contributed by atoms with Gasteiger partial charge in [0, 0.05) is 17.3 Å². The highest BCUT2D eigenvalue weighted by Gasteiger charge is 2.53. The molecule has 1 aliphatic carbocycles. The first-order valence-corrected chi connectivity index (χ1v) is 4.90. The minimum Gasteiger partial charge on any atom is -0.479 e. The van der Waals surface area contributed by atoms with E-state index in [4.69, 9.17) is 5.11 Å². The first-order valence-electron chi connectivity index (χ1n) is 4.90. The van der Waals surface area contributed by atoms with Crippen molar-refractivity contribution in [1.29, 1.82) is 0 Å². The number of aliphatic hydroxyl groups is 1. The number of hydrogen-bond acceptors (Lipinski definition) is 3. The van der Waals surface area contributed by atoms with Crippen LogP contribution >= 0.6 is 0 Å². The van der Waals surface area contributed by atoms with Crippen molar-refractivity contribution >= 4 is 5.97 Å². The average Bonchev–Trinajstić information content (AvgIpc) is 2.97. The Morgan fingerprint density at radius 2 is 2.27 bits per heavy atom. The lowest BCUT2D eigenvalue weighted by molar-refractivity contribution is -0.148. The fourth-order valence-corrected chi connectivity index (χ4v) is 1.95. The maximum atomic E-state index is 10.8. The molecule has 1 aromatic rings. The largest absolute Gasteiger partial charge is 0.479 e. The van der Waals surface area contributed by atoms with Crippen molar-refractivity contribution < 1.29 is 15.0 Å². The SMILES string of the molecule is Cc1cc(C2(C(O)C(=O)O)CC2)ccn1. The average molecular weight is 207 g/mol. The number of carbonyl (C=O) groups is 1. The van der Waals surface area contributed by atoms with E-state index in [1.165, 1.54) is 0 Å². The van der Waals surface area contributed by atoms with Gasteiger partial charge in [-0.2, -0.15) is 0 Å². The first kappa shape index (κ1) is 10.1. The Morgan fingerprint density at radius 3 is 2.73 bits per heavy atom. The number of pyridine rings is 1. The number of nitrogens with zero attached hydrogens (tertiary/aromatic N) is 1. The summed E-state index contributed by atoms with van der Waals surface area (Å²) in [5, 5.41) is 18.5. The molecular formula is C11H13NO3. The molecule has 1 aromatic heterocycles. The Balaban J connectivity index is 2.34. The van der Waals surface area contributed by atoms with E-state index in [-0.39, 0.29) is 0 Å². The van der Waals surface area contributed by atoms with Crippen molar-refractivity contribution in [2.24, 2.45) is 0 Å². The van der Waals surface area contributed by atoms with Crippen LogP contribution in [0.4, 0.5) is 0 Å². The molecule has 4 heteroatoms. The fourth-order valence-electron chi connectivity index (χ4n) is 1.95. The maximum Gasteiger partial charge on any atom is 0.333 e. The molecule has 4 nitrogen and oxygen atoms in total. The molecule has 0 radical (unpaired) electrons. The van der Waals surface area contributed by atoms with Crippen LogP contribution in [0, 0.1) is 6.92 Å². The Bertz CT molecular complexity index is 399. The summed E-state index contributed by atoms with van der Waals surface area (Å²) in [7, 11) is 0. The summed E-state index contributed by atoms with van der Waals surface area (Å²) >= 11 is 0. The first-order chi connectivity index (χ1) is 7.06. The predicted octanol–water partition coefficient (Wildman–Crippen LogP) is 0.867. The van der Waals surface area contributed by atoms with Crippen LogP contribution in [0.1, 0.15) is 24.1 Å². The van der Waals surface area contributed by atoms with Gasteiger partial charge < -0.3 is 10.2 Å². The minimum atomic E-state index is -1.31. The summed E-state index contributed by atoms with van der Waals surface area (Å²) < 4.78 is 0. The molecule has 1 unspecified atom stereocenters. The maximum absolute atomic E-state index is 10.8. The van der Waals surface area contributed by atoms with Gasteiger partial charge in [0.2, 0.25) is 0 Å². The monoisotopic (exact) mass is 207 g/mol. The van der Waals surface area contributed by atoms with Gasteiger partial charge in [-0.1, -0.05) is 0 Å². The van der Waals surface area contributed by atoms with E-state index >= 15 is 0 Å². The van der Waals surface area contributed by atoms with E-state index < -0.39 is 17.5 Å². The van der Waals surface area contributed by atoms with Crippen molar-refractivity contribution in [3.05, 3.63) is 29.6 Å². The molecule has 2 N–H and O–H groups in total. The van der Waals surface area contributed by atoms with Gasteiger partial charge >= 0.3 is 5.97 Å². The molecule has 0 amide bonds. The zero-order valence-electron chi connectivity index (χ0n) is 8.47. The van der Waals surface area contributed by atoms with Crippen LogP contribution in [-0.2, 0) is 10.2 Å². The Kier molecular flexibility index (Phi) is 2.23. The van der Waals surface area contributed by atoms with Crippen LogP contribution in [0.5, 0.6) is 0 Å². The number of carboxylic acids is 1. The Labute approximate surface area is 87.6 Å².